The average molecular weight is 218 g/mol. The van der Waals surface area contributed by atoms with Gasteiger partial charge in [0.25, 0.3) is 0 Å². The highest BCUT2D eigenvalue weighted by molar-refractivity contribution is 5.81. The molecule has 1 aromatic rings. The summed E-state index contributed by atoms with van der Waals surface area (Å²) in [4.78, 5) is 18.2. The third kappa shape index (κ3) is 2.08. The zero-order valence-corrected chi connectivity index (χ0v) is 10.2. The van der Waals surface area contributed by atoms with Gasteiger partial charge in [0.05, 0.1) is 0 Å². The molecule has 2 rings (SSSR count). The number of hydrogen-bond acceptors (Lipinski definition) is 2. The zero-order chi connectivity index (χ0) is 11.8. The van der Waals surface area contributed by atoms with Crippen LogP contribution in [0.1, 0.15) is 31.9 Å². The number of pyridine rings is 1. The molecule has 0 unspecified atom stereocenters. The Balaban J connectivity index is 2.17. The van der Waals surface area contributed by atoms with Crippen molar-refractivity contribution in [2.24, 2.45) is 5.41 Å². The largest absolute Gasteiger partial charge is 0.338 e. The fourth-order valence-corrected chi connectivity index (χ4v) is 2.03. The minimum absolute atomic E-state index is 0.224. The summed E-state index contributed by atoms with van der Waals surface area (Å²) in [6.45, 7) is 7.43. The molecule has 0 aliphatic carbocycles. The van der Waals surface area contributed by atoms with Gasteiger partial charge in [0, 0.05) is 30.9 Å². The molecule has 0 spiro atoms. The van der Waals surface area contributed by atoms with Crippen LogP contribution in [0.5, 0.6) is 0 Å². The summed E-state index contributed by atoms with van der Waals surface area (Å²) in [6.07, 6.45) is 4.64. The van der Waals surface area contributed by atoms with E-state index in [-0.39, 0.29) is 11.3 Å². The number of nitrogens with zero attached hydrogens (tertiary/aromatic N) is 2. The summed E-state index contributed by atoms with van der Waals surface area (Å²) in [6, 6.07) is 2.05. The van der Waals surface area contributed by atoms with E-state index in [2.05, 4.69) is 4.98 Å². The van der Waals surface area contributed by atoms with E-state index in [1.165, 1.54) is 11.1 Å². The first kappa shape index (κ1) is 11.1. The Morgan fingerprint density at radius 1 is 1.38 bits per heavy atom. The van der Waals surface area contributed by atoms with Crippen LogP contribution in [-0.4, -0.2) is 22.3 Å². The maximum absolute atomic E-state index is 12.1. The second-order valence-electron chi connectivity index (χ2n) is 5.37. The Kier molecular flexibility index (Phi) is 2.70. The smallest absolute Gasteiger partial charge is 0.228 e. The second-order valence-corrected chi connectivity index (χ2v) is 5.37. The van der Waals surface area contributed by atoms with Gasteiger partial charge >= 0.3 is 0 Å². The Labute approximate surface area is 96.5 Å². The fourth-order valence-electron chi connectivity index (χ4n) is 2.03. The number of amides is 1. The number of rotatable bonds is 0. The highest BCUT2D eigenvalue weighted by Gasteiger charge is 2.29. The second kappa shape index (κ2) is 3.89. The third-order valence-electron chi connectivity index (χ3n) is 2.95. The van der Waals surface area contributed by atoms with E-state index in [1.54, 1.807) is 0 Å². The lowest BCUT2D eigenvalue weighted by Crippen LogP contribution is -2.42. The van der Waals surface area contributed by atoms with E-state index in [4.69, 9.17) is 0 Å². The van der Waals surface area contributed by atoms with E-state index in [9.17, 15) is 4.79 Å². The van der Waals surface area contributed by atoms with E-state index < -0.39 is 0 Å². The molecule has 0 aromatic carbocycles. The molecular weight excluding hydrogens is 200 g/mol. The van der Waals surface area contributed by atoms with Gasteiger partial charge in [-0.15, -0.1) is 0 Å². The van der Waals surface area contributed by atoms with Crippen molar-refractivity contribution >= 4 is 5.91 Å². The van der Waals surface area contributed by atoms with Crippen LogP contribution < -0.4 is 0 Å². The molecule has 0 atom stereocenters. The average Bonchev–Trinajstić information content (AvgIpc) is 2.26. The SMILES string of the molecule is CC(C)(C)C(=O)N1CCc2ccncc2C1. The summed E-state index contributed by atoms with van der Waals surface area (Å²) in [5, 5.41) is 0. The van der Waals surface area contributed by atoms with Crippen molar-refractivity contribution in [1.29, 1.82) is 0 Å². The van der Waals surface area contributed by atoms with Crippen LogP contribution in [0, 0.1) is 5.41 Å². The quantitative estimate of drug-likeness (QED) is 0.667. The Hall–Kier alpha value is -1.38. The van der Waals surface area contributed by atoms with Crippen molar-refractivity contribution in [2.45, 2.75) is 33.7 Å². The van der Waals surface area contributed by atoms with Gasteiger partial charge in [-0.1, -0.05) is 20.8 Å². The molecule has 1 aliphatic heterocycles. The van der Waals surface area contributed by atoms with Crippen LogP contribution in [0.4, 0.5) is 0 Å². The lowest BCUT2D eigenvalue weighted by Gasteiger charge is -2.33. The molecule has 0 saturated carbocycles. The highest BCUT2D eigenvalue weighted by atomic mass is 16.2. The molecule has 2 heterocycles. The van der Waals surface area contributed by atoms with Gasteiger partial charge in [-0.25, -0.2) is 0 Å². The number of hydrogen-bond donors (Lipinski definition) is 0. The van der Waals surface area contributed by atoms with Gasteiger partial charge < -0.3 is 4.90 Å². The molecule has 86 valence electrons. The lowest BCUT2D eigenvalue weighted by molar-refractivity contribution is -0.140. The lowest BCUT2D eigenvalue weighted by atomic mass is 9.92. The van der Waals surface area contributed by atoms with Crippen LogP contribution in [0.2, 0.25) is 0 Å². The predicted octanol–water partition coefficient (Wildman–Crippen LogP) is 2.01. The number of aromatic nitrogens is 1. The van der Waals surface area contributed by atoms with E-state index >= 15 is 0 Å². The minimum Gasteiger partial charge on any atom is -0.338 e. The summed E-state index contributed by atoms with van der Waals surface area (Å²) in [7, 11) is 0. The van der Waals surface area contributed by atoms with Gasteiger partial charge in [-0.05, 0) is 23.6 Å². The number of carbonyl (C=O) groups is 1. The van der Waals surface area contributed by atoms with Crippen molar-refractivity contribution in [3.63, 3.8) is 0 Å². The molecule has 0 radical (unpaired) electrons. The molecular formula is C13H18N2O. The molecule has 0 bridgehead atoms. The van der Waals surface area contributed by atoms with Crippen molar-refractivity contribution in [3.05, 3.63) is 29.6 Å². The van der Waals surface area contributed by atoms with Gasteiger partial charge in [0.1, 0.15) is 0 Å². The predicted molar refractivity (Wildman–Crippen MR) is 62.8 cm³/mol. The number of fused-ring (bicyclic) bond motifs is 1. The van der Waals surface area contributed by atoms with Crippen LogP contribution in [0.25, 0.3) is 0 Å². The maximum Gasteiger partial charge on any atom is 0.228 e. The van der Waals surface area contributed by atoms with Crippen molar-refractivity contribution in [1.82, 2.24) is 9.88 Å². The maximum atomic E-state index is 12.1. The first-order valence-corrected chi connectivity index (χ1v) is 5.69. The molecule has 1 aliphatic rings. The molecule has 1 amide bonds. The topological polar surface area (TPSA) is 33.2 Å². The molecule has 0 N–H and O–H groups in total. The molecule has 3 nitrogen and oxygen atoms in total. The van der Waals surface area contributed by atoms with Crippen LogP contribution in [0.15, 0.2) is 18.5 Å². The normalized spacial score (nSPS) is 15.8. The molecule has 1 aromatic heterocycles. The molecule has 0 fully saturated rings. The minimum atomic E-state index is -0.292. The van der Waals surface area contributed by atoms with Crippen LogP contribution in [0.3, 0.4) is 0 Å². The molecule has 0 saturated heterocycles. The van der Waals surface area contributed by atoms with Crippen LogP contribution >= 0.6 is 0 Å². The summed E-state index contributed by atoms with van der Waals surface area (Å²) >= 11 is 0. The Morgan fingerprint density at radius 2 is 2.12 bits per heavy atom. The standard InChI is InChI=1S/C13H18N2O/c1-13(2,3)12(16)15-7-5-10-4-6-14-8-11(10)9-15/h4,6,8H,5,7,9H2,1-3H3. The van der Waals surface area contributed by atoms with Crippen LogP contribution in [-0.2, 0) is 17.8 Å². The van der Waals surface area contributed by atoms with Gasteiger partial charge in [0.2, 0.25) is 5.91 Å². The summed E-state index contributed by atoms with van der Waals surface area (Å²) < 4.78 is 0. The fraction of sp³-hybridized carbons (Fsp3) is 0.538. The van der Waals surface area contributed by atoms with Gasteiger partial charge in [0.15, 0.2) is 0 Å². The monoisotopic (exact) mass is 218 g/mol. The zero-order valence-electron chi connectivity index (χ0n) is 10.2. The summed E-state index contributed by atoms with van der Waals surface area (Å²) in [5.74, 6) is 0.224. The van der Waals surface area contributed by atoms with Gasteiger partial charge in [-0.3, -0.25) is 9.78 Å². The van der Waals surface area contributed by atoms with E-state index in [1.807, 2.05) is 44.1 Å². The van der Waals surface area contributed by atoms with E-state index in [0.717, 1.165) is 13.0 Å². The summed E-state index contributed by atoms with van der Waals surface area (Å²) in [5.41, 5.74) is 2.22. The van der Waals surface area contributed by atoms with Crippen molar-refractivity contribution < 1.29 is 4.79 Å². The van der Waals surface area contributed by atoms with Crippen molar-refractivity contribution in [2.75, 3.05) is 6.54 Å². The molecule has 3 heteroatoms. The Morgan fingerprint density at radius 3 is 2.81 bits per heavy atom. The Bertz CT molecular complexity index is 407. The number of carbonyl (C=O) groups excluding carboxylic acids is 1. The van der Waals surface area contributed by atoms with Gasteiger partial charge in [-0.2, -0.15) is 0 Å². The van der Waals surface area contributed by atoms with E-state index in [0.29, 0.717) is 6.54 Å². The first-order chi connectivity index (χ1) is 7.48. The van der Waals surface area contributed by atoms with Crippen molar-refractivity contribution in [3.8, 4) is 0 Å². The third-order valence-corrected chi connectivity index (χ3v) is 2.95. The first-order valence-electron chi connectivity index (χ1n) is 5.69. The highest BCUT2D eigenvalue weighted by Crippen LogP contribution is 2.23. The molecule has 16 heavy (non-hydrogen) atoms.